The molecule has 1 atom stereocenters. The minimum atomic E-state index is -0.466. The number of hydrogen-bond donors (Lipinski definition) is 2. The van der Waals surface area contributed by atoms with Crippen molar-refractivity contribution in [1.82, 2.24) is 10.3 Å². The van der Waals surface area contributed by atoms with E-state index in [0.29, 0.717) is 5.69 Å². The third-order valence-corrected chi connectivity index (χ3v) is 3.06. The minimum Gasteiger partial charge on any atom is -0.321 e. The summed E-state index contributed by atoms with van der Waals surface area (Å²) in [6.45, 7) is 2.05. The lowest BCUT2D eigenvalue weighted by Crippen LogP contribution is -2.14. The highest BCUT2D eigenvalue weighted by Gasteiger charge is 2.08. The van der Waals surface area contributed by atoms with Crippen molar-refractivity contribution in [3.05, 3.63) is 59.7 Å². The molecule has 0 spiro atoms. The zero-order valence-corrected chi connectivity index (χ0v) is 11.4. The summed E-state index contributed by atoms with van der Waals surface area (Å²) in [7, 11) is 1.89. The van der Waals surface area contributed by atoms with Crippen molar-refractivity contribution in [3.8, 4) is 0 Å². The number of nitrogens with zero attached hydrogens (tertiary/aromatic N) is 1. The molecule has 0 aliphatic rings. The summed E-state index contributed by atoms with van der Waals surface area (Å²) in [6, 6.07) is 10.3. The Bertz CT molecular complexity index is 581. The third kappa shape index (κ3) is 3.39. The summed E-state index contributed by atoms with van der Waals surface area (Å²) in [5.74, 6) is -0.827. The SMILES string of the molecule is CNC(C)c1ccc(NC(=O)c2ccc(F)cn2)cc1. The molecule has 2 aromatic rings. The second kappa shape index (κ2) is 6.25. The van der Waals surface area contributed by atoms with Gasteiger partial charge in [-0.25, -0.2) is 9.37 Å². The standard InChI is InChI=1S/C15H16FN3O/c1-10(17-2)11-3-6-13(7-4-11)19-15(20)14-8-5-12(16)9-18-14/h3-10,17H,1-2H3,(H,19,20). The largest absolute Gasteiger partial charge is 0.321 e. The molecule has 0 radical (unpaired) electrons. The number of benzene rings is 1. The van der Waals surface area contributed by atoms with E-state index in [2.05, 4.69) is 22.5 Å². The van der Waals surface area contributed by atoms with Gasteiger partial charge in [-0.1, -0.05) is 12.1 Å². The Morgan fingerprint density at radius 2 is 1.90 bits per heavy atom. The quantitative estimate of drug-likeness (QED) is 0.900. The summed E-state index contributed by atoms with van der Waals surface area (Å²) < 4.78 is 12.7. The molecule has 1 aromatic heterocycles. The van der Waals surface area contributed by atoms with Crippen LogP contribution in [-0.2, 0) is 0 Å². The van der Waals surface area contributed by atoms with E-state index < -0.39 is 5.82 Å². The average Bonchev–Trinajstić information content (AvgIpc) is 2.48. The zero-order chi connectivity index (χ0) is 14.5. The van der Waals surface area contributed by atoms with Crippen LogP contribution in [0, 0.1) is 5.82 Å². The molecular weight excluding hydrogens is 257 g/mol. The molecule has 2 rings (SSSR count). The smallest absolute Gasteiger partial charge is 0.274 e. The summed E-state index contributed by atoms with van der Waals surface area (Å²) in [6.07, 6.45) is 1.02. The van der Waals surface area contributed by atoms with Gasteiger partial charge in [0, 0.05) is 11.7 Å². The Hall–Kier alpha value is -2.27. The second-order valence-electron chi connectivity index (χ2n) is 4.45. The molecular formula is C15H16FN3O. The van der Waals surface area contributed by atoms with Gasteiger partial charge < -0.3 is 10.6 Å². The van der Waals surface area contributed by atoms with E-state index >= 15 is 0 Å². The monoisotopic (exact) mass is 273 g/mol. The number of nitrogens with one attached hydrogen (secondary N) is 2. The molecule has 1 aromatic carbocycles. The first kappa shape index (κ1) is 14.1. The first-order chi connectivity index (χ1) is 9.60. The molecule has 4 nitrogen and oxygen atoms in total. The van der Waals surface area contributed by atoms with Crippen molar-refractivity contribution < 1.29 is 9.18 Å². The van der Waals surface area contributed by atoms with Crippen LogP contribution in [0.4, 0.5) is 10.1 Å². The van der Waals surface area contributed by atoms with E-state index in [1.165, 1.54) is 12.1 Å². The van der Waals surface area contributed by atoms with Crippen LogP contribution in [0.15, 0.2) is 42.6 Å². The Balaban J connectivity index is 2.06. The molecule has 0 saturated heterocycles. The van der Waals surface area contributed by atoms with Crippen molar-refractivity contribution in [2.75, 3.05) is 12.4 Å². The fraction of sp³-hybridized carbons (Fsp3) is 0.200. The zero-order valence-electron chi connectivity index (χ0n) is 11.4. The Morgan fingerprint density at radius 1 is 1.20 bits per heavy atom. The summed E-state index contributed by atoms with van der Waals surface area (Å²) in [5.41, 5.74) is 1.98. The van der Waals surface area contributed by atoms with E-state index in [1.54, 1.807) is 0 Å². The molecule has 0 bridgehead atoms. The van der Waals surface area contributed by atoms with Crippen molar-refractivity contribution >= 4 is 11.6 Å². The lowest BCUT2D eigenvalue weighted by Gasteiger charge is -2.11. The fourth-order valence-electron chi connectivity index (χ4n) is 1.73. The van der Waals surface area contributed by atoms with E-state index in [1.807, 2.05) is 31.3 Å². The van der Waals surface area contributed by atoms with E-state index in [0.717, 1.165) is 11.8 Å². The average molecular weight is 273 g/mol. The molecule has 104 valence electrons. The fourth-order valence-corrected chi connectivity index (χ4v) is 1.73. The van der Waals surface area contributed by atoms with Gasteiger partial charge in [-0.05, 0) is 43.8 Å². The van der Waals surface area contributed by atoms with Gasteiger partial charge in [-0.2, -0.15) is 0 Å². The van der Waals surface area contributed by atoms with Crippen LogP contribution in [0.1, 0.15) is 29.0 Å². The number of aromatic nitrogens is 1. The number of amides is 1. The molecule has 20 heavy (non-hydrogen) atoms. The van der Waals surface area contributed by atoms with Crippen LogP contribution in [0.2, 0.25) is 0 Å². The number of halogens is 1. The van der Waals surface area contributed by atoms with Crippen LogP contribution in [-0.4, -0.2) is 17.9 Å². The van der Waals surface area contributed by atoms with Gasteiger partial charge in [0.1, 0.15) is 11.5 Å². The van der Waals surface area contributed by atoms with Crippen LogP contribution in [0.3, 0.4) is 0 Å². The molecule has 2 N–H and O–H groups in total. The van der Waals surface area contributed by atoms with Gasteiger partial charge in [0.05, 0.1) is 6.20 Å². The lowest BCUT2D eigenvalue weighted by molar-refractivity contribution is 0.102. The van der Waals surface area contributed by atoms with Crippen molar-refractivity contribution in [3.63, 3.8) is 0 Å². The Morgan fingerprint density at radius 3 is 2.45 bits per heavy atom. The van der Waals surface area contributed by atoms with Gasteiger partial charge in [0.15, 0.2) is 0 Å². The summed E-state index contributed by atoms with van der Waals surface area (Å²) >= 11 is 0. The van der Waals surface area contributed by atoms with Crippen molar-refractivity contribution in [1.29, 1.82) is 0 Å². The van der Waals surface area contributed by atoms with Crippen LogP contribution in [0.25, 0.3) is 0 Å². The first-order valence-electron chi connectivity index (χ1n) is 6.30. The number of hydrogen-bond acceptors (Lipinski definition) is 3. The predicted octanol–water partition coefficient (Wildman–Crippen LogP) is 2.75. The van der Waals surface area contributed by atoms with Gasteiger partial charge in [0.2, 0.25) is 0 Å². The van der Waals surface area contributed by atoms with Crippen molar-refractivity contribution in [2.24, 2.45) is 0 Å². The van der Waals surface area contributed by atoms with E-state index in [-0.39, 0.29) is 17.6 Å². The van der Waals surface area contributed by atoms with Gasteiger partial charge in [-0.15, -0.1) is 0 Å². The lowest BCUT2D eigenvalue weighted by atomic mass is 10.1. The molecule has 1 unspecified atom stereocenters. The van der Waals surface area contributed by atoms with Crippen LogP contribution >= 0.6 is 0 Å². The summed E-state index contributed by atoms with van der Waals surface area (Å²) in [5, 5.41) is 5.86. The minimum absolute atomic E-state index is 0.180. The van der Waals surface area contributed by atoms with Crippen LogP contribution in [0.5, 0.6) is 0 Å². The molecule has 1 heterocycles. The second-order valence-corrected chi connectivity index (χ2v) is 4.45. The maximum atomic E-state index is 12.7. The van der Waals surface area contributed by atoms with E-state index in [9.17, 15) is 9.18 Å². The number of carbonyl (C=O) groups is 1. The highest BCUT2D eigenvalue weighted by molar-refractivity contribution is 6.02. The van der Waals surface area contributed by atoms with E-state index in [4.69, 9.17) is 0 Å². The molecule has 0 fully saturated rings. The molecule has 0 aliphatic carbocycles. The number of rotatable bonds is 4. The van der Waals surface area contributed by atoms with Crippen LogP contribution < -0.4 is 10.6 Å². The van der Waals surface area contributed by atoms with Gasteiger partial charge in [0.25, 0.3) is 5.91 Å². The Kier molecular flexibility index (Phi) is 4.42. The molecule has 5 heteroatoms. The summed E-state index contributed by atoms with van der Waals surface area (Å²) in [4.78, 5) is 15.6. The first-order valence-corrected chi connectivity index (χ1v) is 6.30. The van der Waals surface area contributed by atoms with Crippen molar-refractivity contribution in [2.45, 2.75) is 13.0 Å². The highest BCUT2D eigenvalue weighted by Crippen LogP contribution is 2.16. The third-order valence-electron chi connectivity index (χ3n) is 3.06. The van der Waals surface area contributed by atoms with Gasteiger partial charge in [-0.3, -0.25) is 4.79 Å². The van der Waals surface area contributed by atoms with Gasteiger partial charge >= 0.3 is 0 Å². The highest BCUT2D eigenvalue weighted by atomic mass is 19.1. The molecule has 0 saturated carbocycles. The molecule has 0 aliphatic heterocycles. The topological polar surface area (TPSA) is 54.0 Å². The molecule has 1 amide bonds. The maximum Gasteiger partial charge on any atom is 0.274 e. The normalized spacial score (nSPS) is 11.9. The number of pyridine rings is 1. The Labute approximate surface area is 117 Å². The predicted molar refractivity (Wildman–Crippen MR) is 76.1 cm³/mol. The number of anilines is 1. The maximum absolute atomic E-state index is 12.7. The number of carbonyl (C=O) groups excluding carboxylic acids is 1.